The summed E-state index contributed by atoms with van der Waals surface area (Å²) in [5.74, 6) is -0.590. The molecule has 1 heterocycles. The van der Waals surface area contributed by atoms with Gasteiger partial charge >= 0.3 is 12.1 Å². The molecule has 0 bridgehead atoms. The van der Waals surface area contributed by atoms with Crippen LogP contribution in [-0.2, 0) is 16.0 Å². The number of hydrogen-bond donors (Lipinski definition) is 2. The number of methoxy groups -OCH3 is 2. The van der Waals surface area contributed by atoms with Crippen molar-refractivity contribution in [3.8, 4) is 5.69 Å². The van der Waals surface area contributed by atoms with Crippen LogP contribution in [0.4, 0.5) is 16.2 Å². The summed E-state index contributed by atoms with van der Waals surface area (Å²) in [6.07, 6.45) is 0.850. The summed E-state index contributed by atoms with van der Waals surface area (Å²) in [6, 6.07) is 13.5. The fraction of sp³-hybridized carbons (Fsp3) is 0.143. The van der Waals surface area contributed by atoms with Gasteiger partial charge in [0.15, 0.2) is 0 Å². The van der Waals surface area contributed by atoms with Gasteiger partial charge in [0.05, 0.1) is 37.4 Å². The topological polar surface area (TPSA) is 112 Å². The Morgan fingerprint density at radius 2 is 1.77 bits per heavy atom. The zero-order valence-electron chi connectivity index (χ0n) is 16.7. The standard InChI is InChI=1S/C21H19ClN4O5/c1-30-20(28)15-5-3-4-6-17(15)26-19(27)18(22)16(12-24-26)23-11-13-7-9-14(10-8-13)25-21(29)31-2/h3-10,12,23H,11H2,1-2H3,(H,25,29). The van der Waals surface area contributed by atoms with E-state index in [1.807, 2.05) is 0 Å². The van der Waals surface area contributed by atoms with Crippen molar-refractivity contribution >= 4 is 35.0 Å². The molecular formula is C21H19ClN4O5. The Bertz CT molecular complexity index is 1160. The van der Waals surface area contributed by atoms with Gasteiger partial charge in [-0.2, -0.15) is 9.78 Å². The molecule has 0 spiro atoms. The minimum Gasteiger partial charge on any atom is -0.465 e. The molecule has 9 nitrogen and oxygen atoms in total. The molecular weight excluding hydrogens is 424 g/mol. The molecule has 0 aliphatic heterocycles. The number of rotatable bonds is 6. The second kappa shape index (κ2) is 9.77. The average molecular weight is 443 g/mol. The van der Waals surface area contributed by atoms with Crippen LogP contribution in [0.1, 0.15) is 15.9 Å². The number of esters is 1. The van der Waals surface area contributed by atoms with Crippen LogP contribution in [0.25, 0.3) is 5.69 Å². The summed E-state index contributed by atoms with van der Waals surface area (Å²) in [4.78, 5) is 36.0. The number of aromatic nitrogens is 2. The van der Waals surface area contributed by atoms with Gasteiger partial charge in [-0.15, -0.1) is 0 Å². The van der Waals surface area contributed by atoms with Gasteiger partial charge in [-0.3, -0.25) is 10.1 Å². The number of nitrogens with zero attached hydrogens (tertiary/aromatic N) is 2. The summed E-state index contributed by atoms with van der Waals surface area (Å²) in [7, 11) is 2.54. The monoisotopic (exact) mass is 442 g/mol. The lowest BCUT2D eigenvalue weighted by molar-refractivity contribution is 0.0600. The molecule has 0 fully saturated rings. The van der Waals surface area contributed by atoms with Crippen molar-refractivity contribution in [2.45, 2.75) is 6.54 Å². The number of ether oxygens (including phenoxy) is 2. The number of nitrogens with one attached hydrogen (secondary N) is 2. The summed E-state index contributed by atoms with van der Waals surface area (Å²) in [5, 5.41) is 9.69. The summed E-state index contributed by atoms with van der Waals surface area (Å²) >= 11 is 6.27. The van der Waals surface area contributed by atoms with E-state index in [1.54, 1.807) is 42.5 Å². The van der Waals surface area contributed by atoms with E-state index in [4.69, 9.17) is 16.3 Å². The number of carbonyl (C=O) groups excluding carboxylic acids is 2. The first-order valence-corrected chi connectivity index (χ1v) is 9.45. The minimum absolute atomic E-state index is 0.0707. The van der Waals surface area contributed by atoms with Gasteiger partial charge < -0.3 is 14.8 Å². The van der Waals surface area contributed by atoms with Crippen molar-refractivity contribution in [1.29, 1.82) is 0 Å². The Balaban J connectivity index is 1.78. The summed E-state index contributed by atoms with van der Waals surface area (Å²) in [5.41, 5.74) is 1.68. The van der Waals surface area contributed by atoms with Crippen LogP contribution in [0.3, 0.4) is 0 Å². The SMILES string of the molecule is COC(=O)Nc1ccc(CNc2cnn(-c3ccccc3C(=O)OC)c(=O)c2Cl)cc1. The third kappa shape index (κ3) is 5.01. The highest BCUT2D eigenvalue weighted by atomic mass is 35.5. The second-order valence-corrected chi connectivity index (χ2v) is 6.64. The first kappa shape index (κ1) is 21.8. The first-order valence-electron chi connectivity index (χ1n) is 9.08. The number of amides is 1. The van der Waals surface area contributed by atoms with Crippen molar-refractivity contribution in [3.05, 3.63) is 81.2 Å². The van der Waals surface area contributed by atoms with Crippen molar-refractivity contribution in [2.75, 3.05) is 24.9 Å². The van der Waals surface area contributed by atoms with Gasteiger partial charge in [-0.25, -0.2) is 9.59 Å². The Morgan fingerprint density at radius 1 is 1.06 bits per heavy atom. The van der Waals surface area contributed by atoms with Crippen molar-refractivity contribution < 1.29 is 19.1 Å². The third-order valence-electron chi connectivity index (χ3n) is 4.33. The van der Waals surface area contributed by atoms with Crippen molar-refractivity contribution in [1.82, 2.24) is 9.78 Å². The van der Waals surface area contributed by atoms with Crippen LogP contribution in [0, 0.1) is 0 Å². The predicted molar refractivity (Wildman–Crippen MR) is 116 cm³/mol. The van der Waals surface area contributed by atoms with E-state index in [0.717, 1.165) is 10.2 Å². The molecule has 0 aliphatic rings. The second-order valence-electron chi connectivity index (χ2n) is 6.26. The number of hydrogen-bond acceptors (Lipinski definition) is 7. The van der Waals surface area contributed by atoms with Gasteiger partial charge in [-0.1, -0.05) is 35.9 Å². The zero-order chi connectivity index (χ0) is 22.4. The number of carbonyl (C=O) groups is 2. The maximum absolute atomic E-state index is 12.8. The van der Waals surface area contributed by atoms with Crippen LogP contribution >= 0.6 is 11.6 Å². The van der Waals surface area contributed by atoms with Crippen LogP contribution < -0.4 is 16.2 Å². The highest BCUT2D eigenvalue weighted by Gasteiger charge is 2.17. The fourth-order valence-corrected chi connectivity index (χ4v) is 2.94. The predicted octanol–water partition coefficient (Wildman–Crippen LogP) is 3.46. The number of benzene rings is 2. The van der Waals surface area contributed by atoms with E-state index in [-0.39, 0.29) is 16.3 Å². The Kier molecular flexibility index (Phi) is 6.88. The Labute approximate surface area is 182 Å². The molecule has 0 saturated carbocycles. The third-order valence-corrected chi connectivity index (χ3v) is 4.69. The molecule has 3 rings (SSSR count). The highest BCUT2D eigenvalue weighted by Crippen LogP contribution is 2.20. The van der Waals surface area contributed by atoms with Crippen LogP contribution in [0.5, 0.6) is 0 Å². The normalized spacial score (nSPS) is 10.3. The molecule has 0 saturated heterocycles. The zero-order valence-corrected chi connectivity index (χ0v) is 17.5. The number of anilines is 2. The molecule has 0 radical (unpaired) electrons. The molecule has 0 unspecified atom stereocenters. The van der Waals surface area contributed by atoms with E-state index in [2.05, 4.69) is 20.5 Å². The number of halogens is 1. The fourth-order valence-electron chi connectivity index (χ4n) is 2.74. The molecule has 1 amide bonds. The molecule has 160 valence electrons. The van der Waals surface area contributed by atoms with Gasteiger partial charge in [-0.05, 0) is 29.8 Å². The first-order chi connectivity index (χ1) is 14.9. The lowest BCUT2D eigenvalue weighted by atomic mass is 10.2. The van der Waals surface area contributed by atoms with Gasteiger partial charge in [0.1, 0.15) is 5.02 Å². The molecule has 0 aliphatic carbocycles. The minimum atomic E-state index is -0.590. The van der Waals surface area contributed by atoms with Crippen molar-refractivity contribution in [3.63, 3.8) is 0 Å². The Morgan fingerprint density at radius 3 is 2.45 bits per heavy atom. The van der Waals surface area contributed by atoms with E-state index in [1.165, 1.54) is 26.5 Å². The van der Waals surface area contributed by atoms with Crippen LogP contribution in [-0.4, -0.2) is 36.1 Å². The molecule has 2 aromatic carbocycles. The average Bonchev–Trinajstić information content (AvgIpc) is 2.80. The lowest BCUT2D eigenvalue weighted by Gasteiger charge is -2.12. The van der Waals surface area contributed by atoms with Gasteiger partial charge in [0.2, 0.25) is 0 Å². The van der Waals surface area contributed by atoms with E-state index >= 15 is 0 Å². The largest absolute Gasteiger partial charge is 0.465 e. The summed E-state index contributed by atoms with van der Waals surface area (Å²) < 4.78 is 10.3. The van der Waals surface area contributed by atoms with Gasteiger partial charge in [0.25, 0.3) is 5.56 Å². The van der Waals surface area contributed by atoms with Crippen LogP contribution in [0.2, 0.25) is 5.02 Å². The van der Waals surface area contributed by atoms with E-state index in [0.29, 0.717) is 17.9 Å². The molecule has 31 heavy (non-hydrogen) atoms. The maximum atomic E-state index is 12.8. The highest BCUT2D eigenvalue weighted by molar-refractivity contribution is 6.33. The molecule has 2 N–H and O–H groups in total. The van der Waals surface area contributed by atoms with E-state index in [9.17, 15) is 14.4 Å². The van der Waals surface area contributed by atoms with Gasteiger partial charge in [0, 0.05) is 12.2 Å². The summed E-state index contributed by atoms with van der Waals surface area (Å²) in [6.45, 7) is 0.363. The molecule has 0 atom stereocenters. The molecule has 10 heteroatoms. The smallest absolute Gasteiger partial charge is 0.411 e. The Hall–Kier alpha value is -3.85. The molecule has 3 aromatic rings. The molecule has 1 aromatic heterocycles. The van der Waals surface area contributed by atoms with Crippen LogP contribution in [0.15, 0.2) is 59.5 Å². The van der Waals surface area contributed by atoms with Crippen molar-refractivity contribution in [2.24, 2.45) is 0 Å². The lowest BCUT2D eigenvalue weighted by Crippen LogP contribution is -2.24. The maximum Gasteiger partial charge on any atom is 0.411 e. The number of para-hydroxylation sites is 1. The van der Waals surface area contributed by atoms with E-state index < -0.39 is 17.6 Å². The quantitative estimate of drug-likeness (QED) is 0.562.